The fourth-order valence-electron chi connectivity index (χ4n) is 6.37. The second-order valence-corrected chi connectivity index (χ2v) is 12.8. The highest BCUT2D eigenvalue weighted by Gasteiger charge is 2.46. The van der Waals surface area contributed by atoms with E-state index in [1.807, 2.05) is 26.0 Å². The number of piperidine rings is 1. The minimum atomic E-state index is -1.46. The van der Waals surface area contributed by atoms with Crippen molar-refractivity contribution in [2.24, 2.45) is 5.41 Å². The van der Waals surface area contributed by atoms with Gasteiger partial charge in [0.15, 0.2) is 12.0 Å². The molecule has 1 amide bonds. The highest BCUT2D eigenvalue weighted by atomic mass is 19.1. The molecule has 1 aromatic heterocycles. The van der Waals surface area contributed by atoms with Crippen LogP contribution in [0.15, 0.2) is 54.7 Å². The number of anilines is 3. The summed E-state index contributed by atoms with van der Waals surface area (Å²) >= 11 is 0. The Morgan fingerprint density at radius 1 is 1.15 bits per heavy atom. The lowest BCUT2D eigenvalue weighted by Crippen LogP contribution is -2.59. The van der Waals surface area contributed by atoms with Crippen LogP contribution in [0.5, 0.6) is 5.75 Å². The zero-order chi connectivity index (χ0) is 32.3. The second kappa shape index (κ2) is 13.6. The first-order chi connectivity index (χ1) is 22.2. The van der Waals surface area contributed by atoms with E-state index in [1.165, 1.54) is 10.6 Å². The molecule has 2 atom stereocenters. The molecule has 3 fully saturated rings. The van der Waals surface area contributed by atoms with Gasteiger partial charge in [0.25, 0.3) is 0 Å². The monoisotopic (exact) mass is 629 g/mol. The Balaban J connectivity index is 1.10. The minimum absolute atomic E-state index is 0.0471. The Hall–Kier alpha value is -4.31. The maximum absolute atomic E-state index is 15.4. The SMILES string of the molecule is CC1(C)CN(C(=O)CCO)C[C@@H](F)[C@H]1Oc1ccc(-c2nccc(Nc3ccc(N4CCN(C5COC5)CC4)cc3)n2)cc1C#N. The Labute approximate surface area is 268 Å². The summed E-state index contributed by atoms with van der Waals surface area (Å²) in [6.07, 6.45) is -0.722. The Morgan fingerprint density at radius 3 is 2.57 bits per heavy atom. The Kier molecular flexibility index (Phi) is 9.35. The third-order valence-electron chi connectivity index (χ3n) is 8.99. The number of amides is 1. The third-order valence-corrected chi connectivity index (χ3v) is 8.99. The van der Waals surface area contributed by atoms with Gasteiger partial charge in [0, 0.05) is 67.7 Å². The van der Waals surface area contributed by atoms with Crippen molar-refractivity contribution in [2.45, 2.75) is 38.6 Å². The lowest BCUT2D eigenvalue weighted by Gasteiger charge is -2.45. The van der Waals surface area contributed by atoms with Crippen LogP contribution in [0.4, 0.5) is 21.6 Å². The summed E-state index contributed by atoms with van der Waals surface area (Å²) in [6.45, 7) is 9.29. The fourth-order valence-corrected chi connectivity index (χ4v) is 6.37. The van der Waals surface area contributed by atoms with Crippen molar-refractivity contribution in [3.8, 4) is 23.2 Å². The number of halogens is 1. The number of likely N-dealkylation sites (tertiary alicyclic amines) is 1. The summed E-state index contributed by atoms with van der Waals surface area (Å²) in [7, 11) is 0. The highest BCUT2D eigenvalue weighted by molar-refractivity contribution is 5.76. The van der Waals surface area contributed by atoms with Gasteiger partial charge in [0.1, 0.15) is 23.7 Å². The van der Waals surface area contributed by atoms with Crippen LogP contribution in [0.3, 0.4) is 0 Å². The average Bonchev–Trinajstić information content (AvgIpc) is 3.03. The highest BCUT2D eigenvalue weighted by Crippen LogP contribution is 2.36. The van der Waals surface area contributed by atoms with Crippen molar-refractivity contribution in [3.05, 3.63) is 60.3 Å². The van der Waals surface area contributed by atoms with Crippen LogP contribution in [0.25, 0.3) is 11.4 Å². The van der Waals surface area contributed by atoms with E-state index in [1.54, 1.807) is 30.5 Å². The van der Waals surface area contributed by atoms with Crippen molar-refractivity contribution >= 4 is 23.1 Å². The number of piperazine rings is 1. The number of benzene rings is 2. The normalized spacial score (nSPS) is 21.7. The predicted octanol–water partition coefficient (Wildman–Crippen LogP) is 3.62. The van der Waals surface area contributed by atoms with Gasteiger partial charge in [-0.2, -0.15) is 5.26 Å². The van der Waals surface area contributed by atoms with Crippen LogP contribution >= 0.6 is 0 Å². The number of carbonyl (C=O) groups excluding carboxylic acids is 1. The number of aromatic nitrogens is 2. The predicted molar refractivity (Wildman–Crippen MR) is 172 cm³/mol. The van der Waals surface area contributed by atoms with Crippen LogP contribution in [0, 0.1) is 16.7 Å². The molecule has 0 aliphatic carbocycles. The Bertz CT molecular complexity index is 1570. The molecule has 2 aromatic carbocycles. The van der Waals surface area contributed by atoms with Crippen LogP contribution in [0.1, 0.15) is 25.8 Å². The third kappa shape index (κ3) is 6.92. The van der Waals surface area contributed by atoms with Crippen LogP contribution in [-0.2, 0) is 9.53 Å². The van der Waals surface area contributed by atoms with E-state index in [4.69, 9.17) is 14.6 Å². The molecule has 12 heteroatoms. The summed E-state index contributed by atoms with van der Waals surface area (Å²) in [5.74, 6) is 1.00. The van der Waals surface area contributed by atoms with Crippen molar-refractivity contribution in [2.75, 3.05) is 69.3 Å². The molecule has 0 unspecified atom stereocenters. The van der Waals surface area contributed by atoms with Gasteiger partial charge in [-0.15, -0.1) is 0 Å². The van der Waals surface area contributed by atoms with Gasteiger partial charge < -0.3 is 29.7 Å². The number of ether oxygens (including phenoxy) is 2. The molecule has 3 aliphatic heterocycles. The molecule has 0 spiro atoms. The number of nitriles is 1. The van der Waals surface area contributed by atoms with Crippen molar-refractivity contribution in [1.82, 2.24) is 19.8 Å². The van der Waals surface area contributed by atoms with Gasteiger partial charge in [-0.3, -0.25) is 9.69 Å². The fraction of sp³-hybridized carbons (Fsp3) is 0.471. The van der Waals surface area contributed by atoms with E-state index < -0.39 is 17.7 Å². The zero-order valence-electron chi connectivity index (χ0n) is 26.2. The lowest BCUT2D eigenvalue weighted by molar-refractivity contribution is -0.142. The summed E-state index contributed by atoms with van der Waals surface area (Å²) in [4.78, 5) is 27.7. The zero-order valence-corrected chi connectivity index (χ0v) is 26.2. The summed E-state index contributed by atoms with van der Waals surface area (Å²) in [6, 6.07) is 17.9. The van der Waals surface area contributed by atoms with Gasteiger partial charge in [0.05, 0.1) is 38.0 Å². The smallest absolute Gasteiger partial charge is 0.224 e. The molecule has 2 N–H and O–H groups in total. The minimum Gasteiger partial charge on any atom is -0.485 e. The van der Waals surface area contributed by atoms with Crippen molar-refractivity contribution in [1.29, 1.82) is 5.26 Å². The molecule has 242 valence electrons. The number of rotatable bonds is 9. The summed E-state index contributed by atoms with van der Waals surface area (Å²) < 4.78 is 26.8. The summed E-state index contributed by atoms with van der Waals surface area (Å²) in [5, 5.41) is 22.4. The number of hydrogen-bond acceptors (Lipinski definition) is 10. The van der Waals surface area contributed by atoms with Crippen LogP contribution < -0.4 is 15.0 Å². The standard InChI is InChI=1S/C34H40FN7O4/c1-34(2)22-42(31(44)10-16-43)19-28(35)32(34)46-29-8-3-23(17-24(29)18-36)33-37-11-9-30(39-33)38-25-4-6-26(7-5-25)40-12-14-41(15-13-40)27-20-45-21-27/h3-9,11,17,27-28,32,43H,10,12-16,19-22H2,1-2H3,(H,37,38,39)/t28-,32-/m1/s1. The van der Waals surface area contributed by atoms with Crippen molar-refractivity contribution in [3.63, 3.8) is 0 Å². The van der Waals surface area contributed by atoms with E-state index in [2.05, 4.69) is 43.3 Å². The van der Waals surface area contributed by atoms with Gasteiger partial charge in [-0.1, -0.05) is 13.8 Å². The number of aliphatic hydroxyl groups excluding tert-OH is 1. The number of nitrogens with one attached hydrogen (secondary N) is 1. The van der Waals surface area contributed by atoms with E-state index in [0.29, 0.717) is 23.2 Å². The first-order valence-electron chi connectivity index (χ1n) is 15.7. The Morgan fingerprint density at radius 2 is 1.91 bits per heavy atom. The molecule has 6 rings (SSSR count). The molecule has 3 aromatic rings. The number of aliphatic hydroxyl groups is 1. The molecule has 0 radical (unpaired) electrons. The van der Waals surface area contributed by atoms with Crippen LogP contribution in [0.2, 0.25) is 0 Å². The number of carbonyl (C=O) groups is 1. The number of nitrogens with zero attached hydrogens (tertiary/aromatic N) is 6. The molecule has 46 heavy (non-hydrogen) atoms. The van der Waals surface area contributed by atoms with E-state index >= 15 is 4.39 Å². The van der Waals surface area contributed by atoms with Gasteiger partial charge in [-0.25, -0.2) is 14.4 Å². The number of alkyl halides is 1. The van der Waals surface area contributed by atoms with E-state index in [-0.39, 0.29) is 43.3 Å². The van der Waals surface area contributed by atoms with Crippen LogP contribution in [-0.4, -0.2) is 108 Å². The first-order valence-corrected chi connectivity index (χ1v) is 15.7. The average molecular weight is 630 g/mol. The number of hydrogen-bond donors (Lipinski definition) is 2. The molecule has 3 aliphatic rings. The topological polar surface area (TPSA) is 127 Å². The van der Waals surface area contributed by atoms with E-state index in [9.17, 15) is 10.1 Å². The quantitative estimate of drug-likeness (QED) is 0.363. The first kappa shape index (κ1) is 31.7. The van der Waals surface area contributed by atoms with Gasteiger partial charge in [-0.05, 0) is 48.5 Å². The molecule has 4 heterocycles. The molecule has 0 saturated carbocycles. The largest absolute Gasteiger partial charge is 0.485 e. The van der Waals surface area contributed by atoms with Gasteiger partial charge >= 0.3 is 0 Å². The van der Waals surface area contributed by atoms with E-state index in [0.717, 1.165) is 45.1 Å². The molecule has 0 bridgehead atoms. The molecule has 3 saturated heterocycles. The lowest BCUT2D eigenvalue weighted by atomic mass is 9.80. The van der Waals surface area contributed by atoms with Crippen molar-refractivity contribution < 1.29 is 23.8 Å². The van der Waals surface area contributed by atoms with Gasteiger partial charge in [0.2, 0.25) is 5.91 Å². The molecular weight excluding hydrogens is 589 g/mol. The molecule has 11 nitrogen and oxygen atoms in total. The summed E-state index contributed by atoms with van der Waals surface area (Å²) in [5.41, 5.74) is 2.21. The maximum atomic E-state index is 15.4. The maximum Gasteiger partial charge on any atom is 0.224 e. The second-order valence-electron chi connectivity index (χ2n) is 12.8. The molecular formula is C34H40FN7O4.